The van der Waals surface area contributed by atoms with Crippen molar-refractivity contribution in [3.8, 4) is 5.75 Å². The van der Waals surface area contributed by atoms with Crippen molar-refractivity contribution in [1.82, 2.24) is 4.90 Å². The smallest absolute Gasteiger partial charge is 0.329 e. The minimum absolute atomic E-state index is 0.0304. The molecule has 19 heavy (non-hydrogen) atoms. The Hall–Kier alpha value is -2.11. The van der Waals surface area contributed by atoms with E-state index in [1.54, 1.807) is 12.1 Å². The number of ether oxygens (including phenoxy) is 2. The summed E-state index contributed by atoms with van der Waals surface area (Å²) in [5.41, 5.74) is 0. The molecule has 0 aromatic heterocycles. The second kappa shape index (κ2) is 4.53. The van der Waals surface area contributed by atoms with Crippen molar-refractivity contribution < 1.29 is 23.5 Å². The molecule has 0 aliphatic carbocycles. The van der Waals surface area contributed by atoms with E-state index < -0.39 is 11.9 Å². The maximum atomic E-state index is 13.3. The van der Waals surface area contributed by atoms with E-state index in [4.69, 9.17) is 9.47 Å². The molecule has 0 radical (unpaired) electrons. The molecule has 2 aliphatic rings. The number of rotatable bonds is 3. The molecule has 2 bridgehead atoms. The van der Waals surface area contributed by atoms with Crippen molar-refractivity contribution in [2.75, 3.05) is 13.2 Å². The Labute approximate surface area is 108 Å². The summed E-state index contributed by atoms with van der Waals surface area (Å²) in [6.45, 7) is 0.118. The molecule has 1 aromatic rings. The van der Waals surface area contributed by atoms with Gasteiger partial charge in [0, 0.05) is 6.42 Å². The molecule has 0 spiro atoms. The lowest BCUT2D eigenvalue weighted by Gasteiger charge is -2.25. The van der Waals surface area contributed by atoms with Crippen LogP contribution in [0.2, 0.25) is 0 Å². The zero-order valence-electron chi connectivity index (χ0n) is 10.0. The van der Waals surface area contributed by atoms with Crippen LogP contribution in [-0.2, 0) is 14.3 Å². The average Bonchev–Trinajstić information content (AvgIpc) is 2.96. The van der Waals surface area contributed by atoms with E-state index in [1.807, 2.05) is 0 Å². The van der Waals surface area contributed by atoms with Crippen LogP contribution in [0.15, 0.2) is 24.3 Å². The number of likely N-dealkylation sites (tertiary alicyclic amines) is 1. The molecule has 6 heteroatoms. The lowest BCUT2D eigenvalue weighted by molar-refractivity contribution is -0.157. The van der Waals surface area contributed by atoms with Crippen LogP contribution in [0.1, 0.15) is 6.42 Å². The van der Waals surface area contributed by atoms with Crippen molar-refractivity contribution in [1.29, 1.82) is 0 Å². The zero-order chi connectivity index (χ0) is 13.4. The van der Waals surface area contributed by atoms with Crippen molar-refractivity contribution in [3.05, 3.63) is 30.1 Å². The van der Waals surface area contributed by atoms with Crippen molar-refractivity contribution in [2.45, 2.75) is 18.6 Å². The van der Waals surface area contributed by atoms with Gasteiger partial charge in [-0.05, 0) is 12.1 Å². The first kappa shape index (κ1) is 12.0. The number of benzene rings is 1. The van der Waals surface area contributed by atoms with E-state index in [2.05, 4.69) is 0 Å². The van der Waals surface area contributed by atoms with Gasteiger partial charge in [0.15, 0.2) is 18.2 Å². The molecule has 5 nitrogen and oxygen atoms in total. The quantitative estimate of drug-likeness (QED) is 0.756. The number of nitrogens with zero attached hydrogens (tertiary/aromatic N) is 1. The number of halogens is 1. The minimum Gasteiger partial charge on any atom is -0.481 e. The minimum atomic E-state index is -0.516. The van der Waals surface area contributed by atoms with Crippen LogP contribution in [0.4, 0.5) is 4.39 Å². The first-order valence-electron chi connectivity index (χ1n) is 6.02. The van der Waals surface area contributed by atoms with Gasteiger partial charge >= 0.3 is 5.97 Å². The Kier molecular flexibility index (Phi) is 2.85. The molecule has 2 heterocycles. The highest BCUT2D eigenvalue weighted by Crippen LogP contribution is 2.29. The van der Waals surface area contributed by atoms with Crippen LogP contribution in [0.25, 0.3) is 0 Å². The molecular formula is C13H12FNO4. The topological polar surface area (TPSA) is 55.8 Å². The standard InChI is InChI=1S/C13H12FNO4/c14-9-3-1-2-4-11(9)18-7-12(16)15-6-8-5-10(15)13(17)19-8/h1-4,8,10H,5-7H2. The Morgan fingerprint density at radius 2 is 2.26 bits per heavy atom. The van der Waals surface area contributed by atoms with E-state index in [0.717, 1.165) is 0 Å². The molecule has 2 unspecified atom stereocenters. The predicted molar refractivity (Wildman–Crippen MR) is 61.9 cm³/mol. The Balaban J connectivity index is 1.61. The number of amides is 1. The number of hydrogen-bond acceptors (Lipinski definition) is 4. The summed E-state index contributed by atoms with van der Waals surface area (Å²) in [6, 6.07) is 5.38. The monoisotopic (exact) mass is 265 g/mol. The van der Waals surface area contributed by atoms with Gasteiger partial charge in [-0.25, -0.2) is 9.18 Å². The number of esters is 1. The van der Waals surface area contributed by atoms with Gasteiger partial charge in [0.25, 0.3) is 5.91 Å². The van der Waals surface area contributed by atoms with E-state index in [-0.39, 0.29) is 30.3 Å². The Morgan fingerprint density at radius 1 is 1.47 bits per heavy atom. The number of hydrogen-bond donors (Lipinski definition) is 0. The van der Waals surface area contributed by atoms with Gasteiger partial charge in [-0.3, -0.25) is 4.79 Å². The summed E-state index contributed by atoms with van der Waals surface area (Å²) in [5.74, 6) is -1.18. The molecule has 2 fully saturated rings. The average molecular weight is 265 g/mol. The highest BCUT2D eigenvalue weighted by Gasteiger charge is 2.48. The summed E-state index contributed by atoms with van der Waals surface area (Å²) in [4.78, 5) is 24.7. The van der Waals surface area contributed by atoms with Gasteiger partial charge in [0.2, 0.25) is 0 Å². The van der Waals surface area contributed by atoms with Gasteiger partial charge in [0.1, 0.15) is 12.1 Å². The highest BCUT2D eigenvalue weighted by molar-refractivity contribution is 5.88. The molecule has 0 N–H and O–H groups in total. The van der Waals surface area contributed by atoms with Gasteiger partial charge in [-0.2, -0.15) is 0 Å². The fourth-order valence-electron chi connectivity index (χ4n) is 2.41. The summed E-state index contributed by atoms with van der Waals surface area (Å²) in [5, 5.41) is 0. The van der Waals surface area contributed by atoms with Crippen LogP contribution in [0, 0.1) is 5.82 Å². The second-order valence-electron chi connectivity index (χ2n) is 4.58. The van der Waals surface area contributed by atoms with Crippen molar-refractivity contribution in [2.24, 2.45) is 0 Å². The predicted octanol–water partition coefficient (Wildman–Crippen LogP) is 0.731. The van der Waals surface area contributed by atoms with Crippen LogP contribution < -0.4 is 4.74 Å². The van der Waals surface area contributed by atoms with E-state index in [1.165, 1.54) is 17.0 Å². The number of para-hydroxylation sites is 1. The molecule has 0 saturated carbocycles. The van der Waals surface area contributed by atoms with E-state index in [9.17, 15) is 14.0 Å². The van der Waals surface area contributed by atoms with E-state index >= 15 is 0 Å². The highest BCUT2D eigenvalue weighted by atomic mass is 19.1. The Morgan fingerprint density at radius 3 is 2.95 bits per heavy atom. The van der Waals surface area contributed by atoms with Gasteiger partial charge < -0.3 is 14.4 Å². The maximum absolute atomic E-state index is 13.3. The summed E-state index contributed by atoms with van der Waals surface area (Å²) >= 11 is 0. The lowest BCUT2D eigenvalue weighted by Crippen LogP contribution is -2.46. The summed E-state index contributed by atoms with van der Waals surface area (Å²) in [7, 11) is 0. The Bertz CT molecular complexity index is 533. The largest absolute Gasteiger partial charge is 0.481 e. The molecule has 100 valence electrons. The molecule has 1 aromatic carbocycles. The summed E-state index contributed by atoms with van der Waals surface area (Å²) in [6.07, 6.45) is 0.347. The third-order valence-electron chi connectivity index (χ3n) is 3.33. The van der Waals surface area contributed by atoms with Crippen LogP contribution in [0.3, 0.4) is 0 Å². The first-order valence-corrected chi connectivity index (χ1v) is 6.02. The van der Waals surface area contributed by atoms with Gasteiger partial charge in [-0.1, -0.05) is 12.1 Å². The van der Waals surface area contributed by atoms with Crippen LogP contribution in [0.5, 0.6) is 5.75 Å². The zero-order valence-corrected chi connectivity index (χ0v) is 10.0. The third-order valence-corrected chi connectivity index (χ3v) is 3.33. The number of carbonyl (C=O) groups is 2. The summed E-state index contributed by atoms with van der Waals surface area (Å²) < 4.78 is 23.4. The lowest BCUT2D eigenvalue weighted by atomic mass is 10.2. The molecule has 3 rings (SSSR count). The second-order valence-corrected chi connectivity index (χ2v) is 4.58. The number of fused-ring (bicyclic) bond motifs is 2. The molecular weight excluding hydrogens is 253 g/mol. The normalized spacial score (nSPS) is 24.5. The van der Waals surface area contributed by atoms with E-state index in [0.29, 0.717) is 13.0 Å². The van der Waals surface area contributed by atoms with Gasteiger partial charge in [0.05, 0.1) is 6.54 Å². The fraction of sp³-hybridized carbons (Fsp3) is 0.385. The third kappa shape index (κ3) is 2.14. The van der Waals surface area contributed by atoms with Crippen LogP contribution >= 0.6 is 0 Å². The number of morpholine rings is 1. The van der Waals surface area contributed by atoms with Gasteiger partial charge in [-0.15, -0.1) is 0 Å². The first-order chi connectivity index (χ1) is 9.15. The van der Waals surface area contributed by atoms with Crippen molar-refractivity contribution >= 4 is 11.9 Å². The van der Waals surface area contributed by atoms with Crippen molar-refractivity contribution in [3.63, 3.8) is 0 Å². The molecule has 2 saturated heterocycles. The number of carbonyl (C=O) groups excluding carboxylic acids is 2. The molecule has 1 amide bonds. The SMILES string of the molecule is O=C1OC2CC1N(C(=O)COc1ccccc1F)C2. The fourth-order valence-corrected chi connectivity index (χ4v) is 2.41. The maximum Gasteiger partial charge on any atom is 0.329 e. The molecule has 2 atom stereocenters. The van der Waals surface area contributed by atoms with Crippen LogP contribution in [-0.4, -0.2) is 42.1 Å². The molecule has 2 aliphatic heterocycles.